The molecule has 6 heteroatoms. The zero-order valence-corrected chi connectivity index (χ0v) is 14.3. The third kappa shape index (κ3) is 2.85. The van der Waals surface area contributed by atoms with Gasteiger partial charge in [-0.25, -0.2) is 4.79 Å². The Labute approximate surface area is 148 Å². The lowest BCUT2D eigenvalue weighted by Crippen LogP contribution is -1.96. The van der Waals surface area contributed by atoms with Gasteiger partial charge in [0.2, 0.25) is 0 Å². The summed E-state index contributed by atoms with van der Waals surface area (Å²) in [5, 5.41) is 19.6. The highest BCUT2D eigenvalue weighted by atomic mass is 32.2. The maximum absolute atomic E-state index is 10.9. The number of pyridine rings is 1. The molecule has 0 aliphatic carbocycles. The number of aromatic nitrogens is 3. The average molecular weight is 349 g/mol. The quantitative estimate of drug-likeness (QED) is 0.560. The van der Waals surface area contributed by atoms with E-state index in [2.05, 4.69) is 32.8 Å². The minimum atomic E-state index is -0.912. The Bertz CT molecular complexity index is 1090. The van der Waals surface area contributed by atoms with Crippen LogP contribution in [0.1, 0.15) is 21.5 Å². The van der Waals surface area contributed by atoms with Crippen LogP contribution >= 0.6 is 11.8 Å². The summed E-state index contributed by atoms with van der Waals surface area (Å²) in [6.45, 7) is 2.04. The molecule has 0 amide bonds. The van der Waals surface area contributed by atoms with Crippen LogP contribution in [0.3, 0.4) is 0 Å². The van der Waals surface area contributed by atoms with Crippen LogP contribution < -0.4 is 0 Å². The molecule has 1 N–H and O–H groups in total. The maximum atomic E-state index is 10.9. The molecule has 2 aromatic heterocycles. The Hall–Kier alpha value is -2.86. The Kier molecular flexibility index (Phi) is 3.89. The van der Waals surface area contributed by atoms with Crippen molar-refractivity contribution in [3.8, 4) is 0 Å². The van der Waals surface area contributed by atoms with Gasteiger partial charge in [0.05, 0.1) is 11.1 Å². The monoisotopic (exact) mass is 349 g/mol. The number of carbonyl (C=O) groups is 1. The van der Waals surface area contributed by atoms with Crippen molar-refractivity contribution in [2.75, 3.05) is 0 Å². The van der Waals surface area contributed by atoms with E-state index in [9.17, 15) is 4.79 Å². The average Bonchev–Trinajstić information content (AvgIpc) is 3.05. The minimum absolute atomic E-state index is 0.295. The molecule has 0 atom stereocenters. The van der Waals surface area contributed by atoms with Crippen molar-refractivity contribution in [3.05, 3.63) is 71.3 Å². The number of benzene rings is 2. The van der Waals surface area contributed by atoms with Gasteiger partial charge in [-0.1, -0.05) is 42.1 Å². The summed E-state index contributed by atoms with van der Waals surface area (Å²) in [4.78, 5) is 10.9. The molecule has 0 fully saturated rings. The molecule has 0 bridgehead atoms. The van der Waals surface area contributed by atoms with E-state index in [1.165, 1.54) is 0 Å². The van der Waals surface area contributed by atoms with Gasteiger partial charge in [-0.3, -0.25) is 4.40 Å². The normalized spacial score (nSPS) is 11.2. The Balaban J connectivity index is 1.69. The van der Waals surface area contributed by atoms with Crippen LogP contribution in [0.5, 0.6) is 0 Å². The molecule has 0 radical (unpaired) electrons. The molecule has 2 heterocycles. The number of carboxylic acid groups (broad SMARTS) is 1. The molecule has 5 nitrogen and oxygen atoms in total. The van der Waals surface area contributed by atoms with E-state index >= 15 is 0 Å². The van der Waals surface area contributed by atoms with E-state index in [1.807, 2.05) is 31.2 Å². The maximum Gasteiger partial charge on any atom is 0.335 e. The second kappa shape index (κ2) is 6.22. The van der Waals surface area contributed by atoms with Gasteiger partial charge in [0, 0.05) is 5.75 Å². The molecule has 0 saturated heterocycles. The summed E-state index contributed by atoms with van der Waals surface area (Å²) in [6, 6.07) is 17.2. The second-order valence-electron chi connectivity index (χ2n) is 5.82. The van der Waals surface area contributed by atoms with Crippen molar-refractivity contribution >= 4 is 34.3 Å². The Morgan fingerprint density at radius 1 is 1.12 bits per heavy atom. The van der Waals surface area contributed by atoms with Crippen molar-refractivity contribution in [1.29, 1.82) is 0 Å². The SMILES string of the molecule is Cc1cc2ccccc2n2c(SCc3ccc(C(=O)O)cc3)nnc12. The van der Waals surface area contributed by atoms with Gasteiger partial charge in [-0.05, 0) is 47.7 Å². The van der Waals surface area contributed by atoms with Crippen molar-refractivity contribution in [2.24, 2.45) is 0 Å². The van der Waals surface area contributed by atoms with Crippen molar-refractivity contribution < 1.29 is 9.90 Å². The van der Waals surface area contributed by atoms with Gasteiger partial charge < -0.3 is 5.11 Å². The molecular weight excluding hydrogens is 334 g/mol. The van der Waals surface area contributed by atoms with Crippen LogP contribution in [-0.2, 0) is 5.75 Å². The predicted molar refractivity (Wildman–Crippen MR) is 98.2 cm³/mol. The first-order chi connectivity index (χ1) is 12.1. The first-order valence-corrected chi connectivity index (χ1v) is 8.80. The van der Waals surface area contributed by atoms with E-state index in [1.54, 1.807) is 23.9 Å². The van der Waals surface area contributed by atoms with Gasteiger partial charge in [0.25, 0.3) is 0 Å². The third-order valence-corrected chi connectivity index (χ3v) is 5.10. The van der Waals surface area contributed by atoms with Crippen molar-refractivity contribution in [2.45, 2.75) is 17.8 Å². The number of aromatic carboxylic acids is 1. The summed E-state index contributed by atoms with van der Waals surface area (Å²) < 4.78 is 2.08. The van der Waals surface area contributed by atoms with Crippen molar-refractivity contribution in [1.82, 2.24) is 14.6 Å². The molecule has 4 rings (SSSR count). The standard InChI is InChI=1S/C19H15N3O2S/c1-12-10-15-4-2-3-5-16(15)22-17(12)20-21-19(22)25-11-13-6-8-14(9-7-13)18(23)24/h2-10H,11H2,1H3,(H,23,24). The summed E-state index contributed by atoms with van der Waals surface area (Å²) >= 11 is 1.59. The summed E-state index contributed by atoms with van der Waals surface area (Å²) in [7, 11) is 0. The topological polar surface area (TPSA) is 67.5 Å². The van der Waals surface area contributed by atoms with Gasteiger partial charge in [0.15, 0.2) is 10.8 Å². The third-order valence-electron chi connectivity index (χ3n) is 4.10. The summed E-state index contributed by atoms with van der Waals surface area (Å²) in [5.41, 5.74) is 4.37. The molecule has 2 aromatic carbocycles. The lowest BCUT2D eigenvalue weighted by Gasteiger charge is -2.07. The summed E-state index contributed by atoms with van der Waals surface area (Å²) in [5.74, 6) is -0.215. The number of thioether (sulfide) groups is 1. The molecule has 0 aliphatic rings. The fourth-order valence-electron chi connectivity index (χ4n) is 2.84. The van der Waals surface area contributed by atoms with E-state index in [0.29, 0.717) is 11.3 Å². The fraction of sp³-hybridized carbons (Fsp3) is 0.105. The van der Waals surface area contributed by atoms with Crippen LogP contribution in [0.25, 0.3) is 16.6 Å². The number of nitrogens with zero attached hydrogens (tertiary/aromatic N) is 3. The van der Waals surface area contributed by atoms with E-state index in [0.717, 1.165) is 32.8 Å². The first-order valence-electron chi connectivity index (χ1n) is 7.82. The molecule has 0 aliphatic heterocycles. The van der Waals surface area contributed by atoms with Crippen molar-refractivity contribution in [3.63, 3.8) is 0 Å². The lowest BCUT2D eigenvalue weighted by atomic mass is 10.1. The molecule has 0 unspecified atom stereocenters. The smallest absolute Gasteiger partial charge is 0.335 e. The zero-order chi connectivity index (χ0) is 17.4. The van der Waals surface area contributed by atoms with E-state index < -0.39 is 5.97 Å². The molecular formula is C19H15N3O2S. The molecule has 0 saturated carbocycles. The summed E-state index contributed by atoms with van der Waals surface area (Å²) in [6.07, 6.45) is 0. The molecule has 124 valence electrons. The number of aryl methyl sites for hydroxylation is 1. The van der Waals surface area contributed by atoms with Crippen LogP contribution in [-0.4, -0.2) is 25.7 Å². The highest BCUT2D eigenvalue weighted by Crippen LogP contribution is 2.27. The number of fused-ring (bicyclic) bond motifs is 3. The number of para-hydroxylation sites is 1. The minimum Gasteiger partial charge on any atom is -0.478 e. The zero-order valence-electron chi connectivity index (χ0n) is 13.5. The van der Waals surface area contributed by atoms with Gasteiger partial charge in [-0.15, -0.1) is 10.2 Å². The second-order valence-corrected chi connectivity index (χ2v) is 6.76. The van der Waals surface area contributed by atoms with Gasteiger partial charge in [-0.2, -0.15) is 0 Å². The number of hydrogen-bond donors (Lipinski definition) is 1. The molecule has 25 heavy (non-hydrogen) atoms. The largest absolute Gasteiger partial charge is 0.478 e. The van der Waals surface area contributed by atoms with Gasteiger partial charge in [0.1, 0.15) is 0 Å². The highest BCUT2D eigenvalue weighted by molar-refractivity contribution is 7.98. The van der Waals surface area contributed by atoms with E-state index in [4.69, 9.17) is 5.11 Å². The number of carboxylic acids is 1. The van der Waals surface area contributed by atoms with E-state index in [-0.39, 0.29) is 0 Å². The van der Waals surface area contributed by atoms with Crippen LogP contribution in [0.15, 0.2) is 59.8 Å². The number of rotatable bonds is 4. The predicted octanol–water partition coefficient (Wildman–Crippen LogP) is 4.18. The highest BCUT2D eigenvalue weighted by Gasteiger charge is 2.12. The molecule has 4 aromatic rings. The van der Waals surface area contributed by atoms with Gasteiger partial charge >= 0.3 is 5.97 Å². The molecule has 0 spiro atoms. The Morgan fingerprint density at radius 2 is 1.88 bits per heavy atom. The van der Waals surface area contributed by atoms with Crippen LogP contribution in [0.4, 0.5) is 0 Å². The van der Waals surface area contributed by atoms with Crippen LogP contribution in [0, 0.1) is 6.92 Å². The fourth-order valence-corrected chi connectivity index (χ4v) is 3.74. The van der Waals surface area contributed by atoms with Crippen LogP contribution in [0.2, 0.25) is 0 Å². The lowest BCUT2D eigenvalue weighted by molar-refractivity contribution is 0.0697. The first kappa shape index (κ1) is 15.7. The Morgan fingerprint density at radius 3 is 2.64 bits per heavy atom. The number of hydrogen-bond acceptors (Lipinski definition) is 4.